The Labute approximate surface area is 135 Å². The van der Waals surface area contributed by atoms with Crippen LogP contribution >= 0.6 is 0 Å². The maximum atomic E-state index is 5.73. The molecule has 3 nitrogen and oxygen atoms in total. The molecule has 0 bridgehead atoms. The van der Waals surface area contributed by atoms with Crippen molar-refractivity contribution in [2.75, 3.05) is 6.61 Å². The zero-order valence-corrected chi connectivity index (χ0v) is 13.1. The summed E-state index contributed by atoms with van der Waals surface area (Å²) in [4.78, 5) is 4.84. The summed E-state index contributed by atoms with van der Waals surface area (Å²) in [7, 11) is 0. The van der Waals surface area contributed by atoms with Crippen molar-refractivity contribution in [3.63, 3.8) is 0 Å². The minimum absolute atomic E-state index is 0.735. The van der Waals surface area contributed by atoms with Crippen LogP contribution in [0, 0.1) is 0 Å². The van der Waals surface area contributed by atoms with Gasteiger partial charge < -0.3 is 9.14 Å². The second kappa shape index (κ2) is 5.76. The van der Waals surface area contributed by atoms with Crippen LogP contribution in [0.25, 0.3) is 27.7 Å². The third-order valence-electron chi connectivity index (χ3n) is 3.95. The quantitative estimate of drug-likeness (QED) is 0.533. The van der Waals surface area contributed by atoms with Crippen molar-refractivity contribution in [1.82, 2.24) is 9.38 Å². The molecule has 0 unspecified atom stereocenters. The van der Waals surface area contributed by atoms with Gasteiger partial charge in [-0.25, -0.2) is 4.98 Å². The summed E-state index contributed by atoms with van der Waals surface area (Å²) in [5, 5.41) is 2.37. The predicted molar refractivity (Wildman–Crippen MR) is 93.9 cm³/mol. The van der Waals surface area contributed by atoms with Gasteiger partial charge >= 0.3 is 0 Å². The highest BCUT2D eigenvalue weighted by atomic mass is 16.5. The Morgan fingerprint density at radius 3 is 2.87 bits per heavy atom. The summed E-state index contributed by atoms with van der Waals surface area (Å²) in [6.07, 6.45) is 5.14. The Hall–Kier alpha value is -2.81. The summed E-state index contributed by atoms with van der Waals surface area (Å²) < 4.78 is 7.81. The van der Waals surface area contributed by atoms with Crippen molar-refractivity contribution in [2.45, 2.75) is 13.3 Å². The topological polar surface area (TPSA) is 26.5 Å². The van der Waals surface area contributed by atoms with Crippen LogP contribution in [0.2, 0.25) is 0 Å². The standard InChI is InChI=1S/C20H18N2O/c1-2-12-23-17-8-5-7-16(13-17)19-14-22-11-10-15-6-3-4-9-18(15)20(22)21-19/h3-11,13-14H,2,12H2,1H3. The zero-order valence-electron chi connectivity index (χ0n) is 13.1. The van der Waals surface area contributed by atoms with Crippen molar-refractivity contribution in [1.29, 1.82) is 0 Å². The van der Waals surface area contributed by atoms with Gasteiger partial charge in [-0.05, 0) is 30.0 Å². The molecule has 2 aromatic carbocycles. The normalized spacial score (nSPS) is 11.2. The van der Waals surface area contributed by atoms with Crippen molar-refractivity contribution in [3.05, 3.63) is 67.0 Å². The number of pyridine rings is 1. The Balaban J connectivity index is 1.81. The molecular formula is C20H18N2O. The fourth-order valence-electron chi connectivity index (χ4n) is 2.82. The number of nitrogens with zero attached hydrogens (tertiary/aromatic N) is 2. The van der Waals surface area contributed by atoms with E-state index in [1.807, 2.05) is 12.1 Å². The minimum Gasteiger partial charge on any atom is -0.494 e. The van der Waals surface area contributed by atoms with E-state index in [2.05, 4.69) is 66.2 Å². The predicted octanol–water partition coefficient (Wildman–Crippen LogP) is 4.94. The second-order valence-electron chi connectivity index (χ2n) is 5.64. The highest BCUT2D eigenvalue weighted by molar-refractivity contribution is 5.94. The Kier molecular flexibility index (Phi) is 3.46. The van der Waals surface area contributed by atoms with E-state index in [9.17, 15) is 0 Å². The van der Waals surface area contributed by atoms with Crippen LogP contribution in [0.1, 0.15) is 13.3 Å². The Morgan fingerprint density at radius 2 is 1.96 bits per heavy atom. The number of ether oxygens (including phenoxy) is 1. The van der Waals surface area contributed by atoms with E-state index < -0.39 is 0 Å². The maximum Gasteiger partial charge on any atom is 0.145 e. The molecule has 0 saturated heterocycles. The molecule has 0 amide bonds. The molecule has 23 heavy (non-hydrogen) atoms. The molecule has 0 aliphatic rings. The van der Waals surface area contributed by atoms with Crippen LogP contribution in [0.3, 0.4) is 0 Å². The van der Waals surface area contributed by atoms with E-state index >= 15 is 0 Å². The Morgan fingerprint density at radius 1 is 1.04 bits per heavy atom. The van der Waals surface area contributed by atoms with E-state index in [-0.39, 0.29) is 0 Å². The van der Waals surface area contributed by atoms with Crippen molar-refractivity contribution >= 4 is 16.4 Å². The van der Waals surface area contributed by atoms with Gasteiger partial charge in [-0.1, -0.05) is 43.3 Å². The zero-order chi connectivity index (χ0) is 15.6. The number of hydrogen-bond acceptors (Lipinski definition) is 2. The summed E-state index contributed by atoms with van der Waals surface area (Å²) in [5.74, 6) is 0.895. The molecule has 0 spiro atoms. The van der Waals surface area contributed by atoms with Gasteiger partial charge in [-0.3, -0.25) is 0 Å². The molecule has 0 aliphatic heterocycles. The molecule has 0 radical (unpaired) electrons. The van der Waals surface area contributed by atoms with Gasteiger partial charge in [0, 0.05) is 23.3 Å². The number of benzene rings is 2. The molecule has 0 atom stereocenters. The summed E-state index contributed by atoms with van der Waals surface area (Å²) in [6.45, 7) is 2.84. The van der Waals surface area contributed by atoms with Crippen LogP contribution in [0.5, 0.6) is 5.75 Å². The van der Waals surface area contributed by atoms with Crippen molar-refractivity contribution in [3.8, 4) is 17.0 Å². The van der Waals surface area contributed by atoms with Gasteiger partial charge in [-0.2, -0.15) is 0 Å². The number of fused-ring (bicyclic) bond motifs is 3. The fourth-order valence-corrected chi connectivity index (χ4v) is 2.82. The Bertz CT molecular complexity index is 972. The SMILES string of the molecule is CCCOc1cccc(-c2cn3ccc4ccccc4c3n2)c1. The molecule has 114 valence electrons. The van der Waals surface area contributed by atoms with Crippen LogP contribution < -0.4 is 4.74 Å². The average molecular weight is 302 g/mol. The van der Waals surface area contributed by atoms with E-state index in [0.29, 0.717) is 0 Å². The third kappa shape index (κ3) is 2.55. The lowest BCUT2D eigenvalue weighted by atomic mass is 10.1. The molecule has 2 aromatic heterocycles. The highest BCUT2D eigenvalue weighted by Crippen LogP contribution is 2.26. The van der Waals surface area contributed by atoms with Crippen LogP contribution in [0.4, 0.5) is 0 Å². The first-order chi connectivity index (χ1) is 11.3. The maximum absolute atomic E-state index is 5.73. The minimum atomic E-state index is 0.735. The lowest BCUT2D eigenvalue weighted by Gasteiger charge is -2.05. The first-order valence-corrected chi connectivity index (χ1v) is 7.95. The van der Waals surface area contributed by atoms with Gasteiger partial charge in [0.2, 0.25) is 0 Å². The lowest BCUT2D eigenvalue weighted by molar-refractivity contribution is 0.317. The second-order valence-corrected chi connectivity index (χ2v) is 5.64. The first kappa shape index (κ1) is 13.8. The number of rotatable bonds is 4. The molecule has 0 aliphatic carbocycles. The van der Waals surface area contributed by atoms with Gasteiger partial charge in [0.1, 0.15) is 11.4 Å². The monoisotopic (exact) mass is 302 g/mol. The molecule has 0 saturated carbocycles. The number of imidazole rings is 1. The molecule has 4 aromatic rings. The molecule has 2 heterocycles. The summed E-state index contributed by atoms with van der Waals surface area (Å²) in [5.41, 5.74) is 3.02. The van der Waals surface area contributed by atoms with Crippen LogP contribution in [0.15, 0.2) is 67.0 Å². The summed E-state index contributed by atoms with van der Waals surface area (Å²) >= 11 is 0. The first-order valence-electron chi connectivity index (χ1n) is 7.95. The number of hydrogen-bond donors (Lipinski definition) is 0. The van der Waals surface area contributed by atoms with Gasteiger partial charge in [0.25, 0.3) is 0 Å². The third-order valence-corrected chi connectivity index (χ3v) is 3.95. The highest BCUT2D eigenvalue weighted by Gasteiger charge is 2.08. The smallest absolute Gasteiger partial charge is 0.145 e. The molecule has 0 fully saturated rings. The lowest BCUT2D eigenvalue weighted by Crippen LogP contribution is -1.94. The van der Waals surface area contributed by atoms with Crippen molar-refractivity contribution in [2.24, 2.45) is 0 Å². The van der Waals surface area contributed by atoms with E-state index in [1.165, 1.54) is 10.8 Å². The van der Waals surface area contributed by atoms with Crippen LogP contribution in [-0.2, 0) is 0 Å². The van der Waals surface area contributed by atoms with E-state index in [0.717, 1.165) is 35.7 Å². The van der Waals surface area contributed by atoms with E-state index in [4.69, 9.17) is 9.72 Å². The average Bonchev–Trinajstić information content (AvgIpc) is 3.05. The van der Waals surface area contributed by atoms with Gasteiger partial charge in [-0.15, -0.1) is 0 Å². The molecule has 4 rings (SSSR count). The largest absolute Gasteiger partial charge is 0.494 e. The van der Waals surface area contributed by atoms with Crippen molar-refractivity contribution < 1.29 is 4.74 Å². The molecular weight excluding hydrogens is 284 g/mol. The van der Waals surface area contributed by atoms with E-state index in [1.54, 1.807) is 0 Å². The van der Waals surface area contributed by atoms with Gasteiger partial charge in [0.05, 0.1) is 12.3 Å². The van der Waals surface area contributed by atoms with Crippen LogP contribution in [-0.4, -0.2) is 16.0 Å². The van der Waals surface area contributed by atoms with Gasteiger partial charge in [0.15, 0.2) is 0 Å². The fraction of sp³-hybridized carbons (Fsp3) is 0.150. The molecule has 3 heteroatoms. The number of aromatic nitrogens is 2. The molecule has 0 N–H and O–H groups in total. The summed E-state index contributed by atoms with van der Waals surface area (Å²) in [6, 6.07) is 18.6.